The summed E-state index contributed by atoms with van der Waals surface area (Å²) >= 11 is 1.37. The van der Waals surface area contributed by atoms with Gasteiger partial charge in [-0.2, -0.15) is 16.9 Å². The van der Waals surface area contributed by atoms with Crippen LogP contribution in [0.1, 0.15) is 13.3 Å². The lowest BCUT2D eigenvalue weighted by atomic mass is 10.2. The molecule has 7 nitrogen and oxygen atoms in total. The van der Waals surface area contributed by atoms with Gasteiger partial charge in [-0.15, -0.1) is 0 Å². The van der Waals surface area contributed by atoms with Crippen LogP contribution in [0.2, 0.25) is 0 Å². The Morgan fingerprint density at radius 2 is 2.29 bits per heavy atom. The van der Waals surface area contributed by atoms with Crippen LogP contribution in [0.5, 0.6) is 5.88 Å². The summed E-state index contributed by atoms with van der Waals surface area (Å²) in [6.45, 7) is 2.65. The van der Waals surface area contributed by atoms with Crippen molar-refractivity contribution in [3.63, 3.8) is 0 Å². The van der Waals surface area contributed by atoms with Gasteiger partial charge in [-0.1, -0.05) is 0 Å². The molecule has 120 valence electrons. The van der Waals surface area contributed by atoms with Crippen molar-refractivity contribution < 1.29 is 19.1 Å². The molecule has 21 heavy (non-hydrogen) atoms. The molecule has 0 aliphatic rings. The first-order chi connectivity index (χ1) is 9.99. The maximum atomic E-state index is 10.8. The molecule has 0 saturated heterocycles. The summed E-state index contributed by atoms with van der Waals surface area (Å²) in [6.07, 6.45) is 4.62. The summed E-state index contributed by atoms with van der Waals surface area (Å²) in [4.78, 5) is 21.2. The van der Waals surface area contributed by atoms with Crippen molar-refractivity contribution in [3.05, 3.63) is 12.3 Å². The van der Waals surface area contributed by atoms with Crippen LogP contribution in [0.15, 0.2) is 12.3 Å². The van der Waals surface area contributed by atoms with Crippen molar-refractivity contribution in [1.29, 1.82) is 0 Å². The molecule has 0 aromatic carbocycles. The number of carbonyl (C=O) groups is 2. The topological polar surface area (TPSA) is 96.4 Å². The molecule has 0 aliphatic heterocycles. The summed E-state index contributed by atoms with van der Waals surface area (Å²) in [5.41, 5.74) is 5.43. The van der Waals surface area contributed by atoms with Crippen LogP contribution in [0.4, 0.5) is 0 Å². The molecule has 1 rings (SSSR count). The zero-order valence-electron chi connectivity index (χ0n) is 12.8. The highest BCUT2D eigenvalue weighted by atomic mass is 32.2. The number of aromatic nitrogens is 2. The standard InChI is InChI=1S/C7H13NO3S.C6H10N2O/c1-11-7(10)6(8)3-5(4-9)12-2;1-3-9-6-4-5-7-8(6)2/h4-6H,3,8H2,1-2H3;4-5H,3H2,1-2H3. The minimum Gasteiger partial charge on any atom is -0.478 e. The maximum Gasteiger partial charge on any atom is 0.322 e. The fourth-order valence-electron chi connectivity index (χ4n) is 1.36. The summed E-state index contributed by atoms with van der Waals surface area (Å²) in [5.74, 6) is 0.341. The minimum absolute atomic E-state index is 0.223. The fraction of sp³-hybridized carbons (Fsp3) is 0.615. The van der Waals surface area contributed by atoms with Gasteiger partial charge >= 0.3 is 5.97 Å². The molecule has 1 aromatic heterocycles. The molecule has 0 aliphatic carbocycles. The van der Waals surface area contributed by atoms with E-state index in [1.807, 2.05) is 20.0 Å². The van der Waals surface area contributed by atoms with Gasteiger partial charge in [0.25, 0.3) is 0 Å². The number of nitrogens with zero attached hydrogens (tertiary/aromatic N) is 2. The van der Waals surface area contributed by atoms with Crippen molar-refractivity contribution in [2.75, 3.05) is 20.0 Å². The molecular weight excluding hydrogens is 294 g/mol. The van der Waals surface area contributed by atoms with Crippen molar-refractivity contribution in [2.45, 2.75) is 24.6 Å². The summed E-state index contributed by atoms with van der Waals surface area (Å²) in [5, 5.41) is 3.70. The predicted octanol–water partition coefficient (Wildman–Crippen LogP) is 0.626. The van der Waals surface area contributed by atoms with E-state index in [1.54, 1.807) is 17.1 Å². The third-order valence-corrected chi connectivity index (χ3v) is 3.42. The fourth-order valence-corrected chi connectivity index (χ4v) is 1.87. The SMILES string of the molecule is CCOc1ccnn1C.COC(=O)C(N)CC(C=O)SC. The lowest BCUT2D eigenvalue weighted by molar-refractivity contribution is -0.142. The molecular formula is C13H23N3O4S. The number of esters is 1. The molecule has 1 aromatic rings. The monoisotopic (exact) mass is 317 g/mol. The largest absolute Gasteiger partial charge is 0.478 e. The third kappa shape index (κ3) is 7.72. The van der Waals surface area contributed by atoms with Crippen LogP contribution >= 0.6 is 11.8 Å². The van der Waals surface area contributed by atoms with Gasteiger partial charge in [0.1, 0.15) is 12.3 Å². The summed E-state index contributed by atoms with van der Waals surface area (Å²) < 4.78 is 11.3. The van der Waals surface area contributed by atoms with E-state index in [2.05, 4.69) is 9.84 Å². The number of ether oxygens (including phenoxy) is 2. The van der Waals surface area contributed by atoms with Crippen LogP contribution in [-0.2, 0) is 21.4 Å². The number of hydrogen-bond donors (Lipinski definition) is 1. The van der Waals surface area contributed by atoms with Gasteiger partial charge < -0.3 is 20.0 Å². The van der Waals surface area contributed by atoms with Gasteiger partial charge in [0, 0.05) is 13.1 Å². The van der Waals surface area contributed by atoms with Crippen molar-refractivity contribution in [3.8, 4) is 5.88 Å². The Hall–Kier alpha value is -1.54. The quantitative estimate of drug-likeness (QED) is 0.582. The highest BCUT2D eigenvalue weighted by Gasteiger charge is 2.18. The number of nitrogens with two attached hydrogens (primary N) is 1. The Morgan fingerprint density at radius 3 is 2.67 bits per heavy atom. The van der Waals surface area contributed by atoms with Crippen LogP contribution in [0.3, 0.4) is 0 Å². The first-order valence-electron chi connectivity index (χ1n) is 6.42. The second-order valence-corrected chi connectivity index (χ2v) is 5.08. The summed E-state index contributed by atoms with van der Waals surface area (Å²) in [7, 11) is 3.13. The molecule has 0 amide bonds. The Balaban J connectivity index is 0.000000394. The average molecular weight is 317 g/mol. The molecule has 0 fully saturated rings. The first kappa shape index (κ1) is 19.5. The highest BCUT2D eigenvalue weighted by Crippen LogP contribution is 2.10. The van der Waals surface area contributed by atoms with E-state index in [9.17, 15) is 9.59 Å². The number of aryl methyl sites for hydroxylation is 1. The van der Waals surface area contributed by atoms with E-state index in [-0.39, 0.29) is 5.25 Å². The third-order valence-electron chi connectivity index (χ3n) is 2.51. The minimum atomic E-state index is -0.697. The van der Waals surface area contributed by atoms with Gasteiger partial charge in [0.05, 0.1) is 25.2 Å². The normalized spacial score (nSPS) is 12.6. The van der Waals surface area contributed by atoms with Gasteiger partial charge in [0.15, 0.2) is 0 Å². The summed E-state index contributed by atoms with van der Waals surface area (Å²) in [6, 6.07) is 1.14. The van der Waals surface area contributed by atoms with E-state index < -0.39 is 12.0 Å². The first-order valence-corrected chi connectivity index (χ1v) is 7.71. The zero-order chi connectivity index (χ0) is 16.3. The molecule has 0 bridgehead atoms. The van der Waals surface area contributed by atoms with Crippen LogP contribution in [0, 0.1) is 0 Å². The zero-order valence-corrected chi connectivity index (χ0v) is 13.6. The van der Waals surface area contributed by atoms with E-state index >= 15 is 0 Å². The van der Waals surface area contributed by atoms with Gasteiger partial charge in [-0.3, -0.25) is 4.79 Å². The highest BCUT2D eigenvalue weighted by molar-refractivity contribution is 7.99. The van der Waals surface area contributed by atoms with Crippen molar-refractivity contribution in [2.24, 2.45) is 12.8 Å². The smallest absolute Gasteiger partial charge is 0.322 e. The van der Waals surface area contributed by atoms with Gasteiger partial charge in [0.2, 0.25) is 5.88 Å². The lowest BCUT2D eigenvalue weighted by Crippen LogP contribution is -2.34. The molecule has 0 saturated carbocycles. The van der Waals surface area contributed by atoms with Crippen LogP contribution in [-0.4, -0.2) is 53.3 Å². The second-order valence-electron chi connectivity index (χ2n) is 4.00. The molecule has 2 unspecified atom stereocenters. The van der Waals surface area contributed by atoms with E-state index in [1.165, 1.54) is 18.9 Å². The lowest BCUT2D eigenvalue weighted by Gasteiger charge is -2.11. The van der Waals surface area contributed by atoms with Crippen LogP contribution < -0.4 is 10.5 Å². The molecule has 2 N–H and O–H groups in total. The average Bonchev–Trinajstić information content (AvgIpc) is 2.90. The Labute approximate surface area is 129 Å². The Kier molecular flexibility index (Phi) is 10.3. The Bertz CT molecular complexity index is 425. The molecule has 0 spiro atoms. The van der Waals surface area contributed by atoms with Gasteiger partial charge in [-0.05, 0) is 19.6 Å². The maximum absolute atomic E-state index is 10.8. The van der Waals surface area contributed by atoms with E-state index in [0.717, 1.165) is 12.2 Å². The number of hydrogen-bond acceptors (Lipinski definition) is 7. The number of methoxy groups -OCH3 is 1. The predicted molar refractivity (Wildman–Crippen MR) is 82.4 cm³/mol. The molecule has 0 radical (unpaired) electrons. The van der Waals surface area contributed by atoms with Crippen molar-refractivity contribution in [1.82, 2.24) is 9.78 Å². The van der Waals surface area contributed by atoms with Gasteiger partial charge in [-0.25, -0.2) is 4.68 Å². The number of thioether (sulfide) groups is 1. The van der Waals surface area contributed by atoms with Crippen LogP contribution in [0.25, 0.3) is 0 Å². The second kappa shape index (κ2) is 11.2. The Morgan fingerprint density at radius 1 is 1.62 bits per heavy atom. The molecule has 8 heteroatoms. The number of rotatable bonds is 7. The van der Waals surface area contributed by atoms with E-state index in [0.29, 0.717) is 13.0 Å². The number of carbonyl (C=O) groups excluding carboxylic acids is 2. The molecule has 2 atom stereocenters. The van der Waals surface area contributed by atoms with Crippen molar-refractivity contribution >= 4 is 24.0 Å². The van der Waals surface area contributed by atoms with E-state index in [4.69, 9.17) is 10.5 Å². The molecule has 1 heterocycles. The number of aldehydes is 1.